The fourth-order valence-electron chi connectivity index (χ4n) is 1.64. The molecule has 0 amide bonds. The number of hydrogen-bond donors (Lipinski definition) is 2. The number of rotatable bonds is 4. The van der Waals surface area contributed by atoms with Crippen LogP contribution in [0.2, 0.25) is 0 Å². The van der Waals surface area contributed by atoms with Crippen molar-refractivity contribution in [1.82, 2.24) is 11.0 Å². The molecule has 18 heavy (non-hydrogen) atoms. The van der Waals surface area contributed by atoms with Gasteiger partial charge in [-0.25, -0.2) is 11.0 Å². The summed E-state index contributed by atoms with van der Waals surface area (Å²) in [6.45, 7) is 6.66. The minimum absolute atomic E-state index is 0.139. The van der Waals surface area contributed by atoms with Gasteiger partial charge in [0.2, 0.25) is 0 Å². The first-order valence-electron chi connectivity index (χ1n) is 5.59. The van der Waals surface area contributed by atoms with Crippen molar-refractivity contribution in [3.05, 3.63) is 23.5 Å². The normalized spacial score (nSPS) is 17.1. The second kappa shape index (κ2) is 5.57. The van der Waals surface area contributed by atoms with Gasteiger partial charge < -0.3 is 9.68 Å². The van der Waals surface area contributed by atoms with Crippen molar-refractivity contribution in [2.45, 2.75) is 34.1 Å². The number of hydrogen-bond acceptors (Lipinski definition) is 6. The Labute approximate surface area is 106 Å². The van der Waals surface area contributed by atoms with Crippen molar-refractivity contribution in [3.8, 4) is 0 Å². The van der Waals surface area contributed by atoms with Gasteiger partial charge in [-0.15, -0.1) is 0 Å². The van der Waals surface area contributed by atoms with E-state index in [1.54, 1.807) is 6.08 Å². The molecular formula is C12H18N2O4. The molecule has 0 bridgehead atoms. The lowest BCUT2D eigenvalue weighted by atomic mass is 9.83. The fraction of sp³-hybridized carbons (Fsp3) is 0.500. The summed E-state index contributed by atoms with van der Waals surface area (Å²) in [5.74, 6) is -0.847. The summed E-state index contributed by atoms with van der Waals surface area (Å²) in [4.78, 5) is 30.9. The SMILES string of the molecule is CC(=O)ONC1=CC(C)(C)CC(NOC(C)=O)=C1. The van der Waals surface area contributed by atoms with Crippen LogP contribution in [0.3, 0.4) is 0 Å². The highest BCUT2D eigenvalue weighted by Crippen LogP contribution is 2.31. The molecule has 0 spiro atoms. The molecule has 0 aromatic rings. The van der Waals surface area contributed by atoms with Crippen LogP contribution >= 0.6 is 0 Å². The molecule has 0 aromatic heterocycles. The number of carbonyl (C=O) groups is 2. The Bertz CT molecular complexity index is 410. The maximum atomic E-state index is 10.7. The zero-order valence-electron chi connectivity index (χ0n) is 11.0. The van der Waals surface area contributed by atoms with Crippen LogP contribution < -0.4 is 11.0 Å². The van der Waals surface area contributed by atoms with Crippen LogP contribution in [0, 0.1) is 5.41 Å². The van der Waals surface area contributed by atoms with E-state index in [4.69, 9.17) is 9.68 Å². The Morgan fingerprint density at radius 2 is 1.72 bits per heavy atom. The highest BCUT2D eigenvalue weighted by Gasteiger charge is 2.23. The van der Waals surface area contributed by atoms with Gasteiger partial charge in [0.15, 0.2) is 0 Å². The van der Waals surface area contributed by atoms with E-state index in [0.29, 0.717) is 12.1 Å². The lowest BCUT2D eigenvalue weighted by Crippen LogP contribution is -2.28. The highest BCUT2D eigenvalue weighted by atomic mass is 16.7. The Kier molecular flexibility index (Phi) is 4.36. The predicted molar refractivity (Wildman–Crippen MR) is 64.4 cm³/mol. The molecule has 0 fully saturated rings. The van der Waals surface area contributed by atoms with E-state index in [1.165, 1.54) is 13.8 Å². The van der Waals surface area contributed by atoms with Crippen LogP contribution in [0.15, 0.2) is 23.5 Å². The third-order valence-electron chi connectivity index (χ3n) is 2.16. The topological polar surface area (TPSA) is 76.7 Å². The van der Waals surface area contributed by atoms with Crippen molar-refractivity contribution < 1.29 is 19.3 Å². The van der Waals surface area contributed by atoms with Gasteiger partial charge in [0, 0.05) is 13.8 Å². The molecule has 0 aliphatic heterocycles. The summed E-state index contributed by atoms with van der Waals surface area (Å²) in [6, 6.07) is 0. The van der Waals surface area contributed by atoms with E-state index in [9.17, 15) is 9.59 Å². The van der Waals surface area contributed by atoms with E-state index in [-0.39, 0.29) is 5.41 Å². The van der Waals surface area contributed by atoms with Crippen LogP contribution in [-0.4, -0.2) is 11.9 Å². The van der Waals surface area contributed by atoms with Gasteiger partial charge in [0.1, 0.15) is 0 Å². The summed E-state index contributed by atoms with van der Waals surface area (Å²) >= 11 is 0. The second-order valence-electron chi connectivity index (χ2n) is 4.83. The molecule has 0 atom stereocenters. The zero-order valence-corrected chi connectivity index (χ0v) is 11.0. The molecule has 0 unspecified atom stereocenters. The first-order valence-corrected chi connectivity index (χ1v) is 5.59. The third kappa shape index (κ3) is 4.90. The lowest BCUT2D eigenvalue weighted by Gasteiger charge is -2.27. The lowest BCUT2D eigenvalue weighted by molar-refractivity contribution is -0.147. The van der Waals surface area contributed by atoms with Gasteiger partial charge in [0.25, 0.3) is 0 Å². The minimum Gasteiger partial charge on any atom is -0.344 e. The summed E-state index contributed by atoms with van der Waals surface area (Å²) in [6.07, 6.45) is 4.34. The smallest absolute Gasteiger partial charge is 0.329 e. The molecule has 0 aromatic carbocycles. The van der Waals surface area contributed by atoms with Gasteiger partial charge in [-0.1, -0.05) is 19.9 Å². The maximum Gasteiger partial charge on any atom is 0.329 e. The summed E-state index contributed by atoms with van der Waals surface area (Å²) in [7, 11) is 0. The van der Waals surface area contributed by atoms with Crippen LogP contribution in [0.4, 0.5) is 0 Å². The van der Waals surface area contributed by atoms with Crippen LogP contribution in [-0.2, 0) is 19.3 Å². The van der Waals surface area contributed by atoms with Gasteiger partial charge >= 0.3 is 11.9 Å². The largest absolute Gasteiger partial charge is 0.344 e. The number of carbonyl (C=O) groups excluding carboxylic acids is 2. The van der Waals surface area contributed by atoms with E-state index < -0.39 is 11.9 Å². The molecule has 1 aliphatic carbocycles. The Morgan fingerprint density at radius 3 is 2.28 bits per heavy atom. The first-order chi connectivity index (χ1) is 8.28. The predicted octanol–water partition coefficient (Wildman–Crippen LogP) is 1.32. The first kappa shape index (κ1) is 14.1. The molecule has 100 valence electrons. The van der Waals surface area contributed by atoms with E-state index >= 15 is 0 Å². The van der Waals surface area contributed by atoms with E-state index in [1.807, 2.05) is 19.9 Å². The summed E-state index contributed by atoms with van der Waals surface area (Å²) in [5, 5.41) is 0. The van der Waals surface area contributed by atoms with Crippen molar-refractivity contribution in [3.63, 3.8) is 0 Å². The Morgan fingerprint density at radius 1 is 1.17 bits per heavy atom. The molecule has 6 nitrogen and oxygen atoms in total. The third-order valence-corrected chi connectivity index (χ3v) is 2.16. The Hall–Kier alpha value is -1.98. The summed E-state index contributed by atoms with van der Waals surface area (Å²) < 4.78 is 0. The van der Waals surface area contributed by atoms with Gasteiger partial charge in [-0.05, 0) is 17.9 Å². The summed E-state index contributed by atoms with van der Waals surface area (Å²) in [5.41, 5.74) is 6.36. The van der Waals surface area contributed by atoms with Crippen molar-refractivity contribution >= 4 is 11.9 Å². The molecule has 0 radical (unpaired) electrons. The monoisotopic (exact) mass is 254 g/mol. The van der Waals surface area contributed by atoms with Crippen LogP contribution in [0.1, 0.15) is 34.1 Å². The number of allylic oxidation sites excluding steroid dienone is 3. The molecule has 0 saturated carbocycles. The van der Waals surface area contributed by atoms with Crippen molar-refractivity contribution in [1.29, 1.82) is 0 Å². The fourth-order valence-corrected chi connectivity index (χ4v) is 1.64. The average molecular weight is 254 g/mol. The minimum atomic E-state index is -0.429. The molecular weight excluding hydrogens is 236 g/mol. The van der Waals surface area contributed by atoms with Gasteiger partial charge in [-0.3, -0.25) is 9.59 Å². The average Bonchev–Trinajstić information content (AvgIpc) is 2.21. The van der Waals surface area contributed by atoms with Crippen molar-refractivity contribution in [2.24, 2.45) is 5.41 Å². The highest BCUT2D eigenvalue weighted by molar-refractivity contribution is 5.66. The quantitative estimate of drug-likeness (QED) is 0.737. The molecule has 1 rings (SSSR count). The zero-order chi connectivity index (χ0) is 13.8. The van der Waals surface area contributed by atoms with Gasteiger partial charge in [0.05, 0.1) is 11.4 Å². The standard InChI is InChI=1S/C12H18N2O4/c1-8(15)17-13-10-5-11(14-18-9(2)16)7-12(3,4)6-10/h5-6,13-14H,7H2,1-4H3. The van der Waals surface area contributed by atoms with Crippen LogP contribution in [0.25, 0.3) is 0 Å². The van der Waals surface area contributed by atoms with E-state index in [2.05, 4.69) is 11.0 Å². The molecule has 0 saturated heterocycles. The molecule has 2 N–H and O–H groups in total. The molecule has 6 heteroatoms. The van der Waals surface area contributed by atoms with Crippen molar-refractivity contribution in [2.75, 3.05) is 0 Å². The molecule has 0 heterocycles. The maximum absolute atomic E-state index is 10.7. The molecule has 1 aliphatic rings. The van der Waals surface area contributed by atoms with E-state index in [0.717, 1.165) is 5.70 Å². The van der Waals surface area contributed by atoms with Gasteiger partial charge in [-0.2, -0.15) is 0 Å². The number of hydroxylamine groups is 2. The second-order valence-corrected chi connectivity index (χ2v) is 4.83. The Balaban J connectivity index is 2.71. The number of nitrogens with one attached hydrogen (secondary N) is 2. The van der Waals surface area contributed by atoms with Crippen LogP contribution in [0.5, 0.6) is 0 Å².